The lowest BCUT2D eigenvalue weighted by Gasteiger charge is -2.03. The van der Waals surface area contributed by atoms with Crippen molar-refractivity contribution in [1.29, 1.82) is 0 Å². The molecule has 8 heteroatoms. The molecule has 146 valence electrons. The fourth-order valence-corrected chi connectivity index (χ4v) is 3.48. The van der Waals surface area contributed by atoms with Gasteiger partial charge in [0, 0.05) is 5.56 Å². The third-order valence-electron chi connectivity index (χ3n) is 4.33. The van der Waals surface area contributed by atoms with Crippen molar-refractivity contribution in [1.82, 2.24) is 10.2 Å². The molecular formula is C20H21N3O4S. The Morgan fingerprint density at radius 3 is 2.21 bits per heavy atom. The van der Waals surface area contributed by atoms with E-state index in [1.807, 2.05) is 12.1 Å². The summed E-state index contributed by atoms with van der Waals surface area (Å²) in [5.41, 5.74) is 2.58. The molecule has 0 fully saturated rings. The van der Waals surface area contributed by atoms with Crippen LogP contribution in [0.5, 0.6) is 0 Å². The van der Waals surface area contributed by atoms with Crippen LogP contribution in [-0.4, -0.2) is 30.3 Å². The highest BCUT2D eigenvalue weighted by Gasteiger charge is 2.15. The van der Waals surface area contributed by atoms with Crippen molar-refractivity contribution in [2.45, 2.75) is 31.6 Å². The van der Waals surface area contributed by atoms with Gasteiger partial charge in [0.15, 0.2) is 9.84 Å². The van der Waals surface area contributed by atoms with Crippen molar-refractivity contribution >= 4 is 21.8 Å². The largest absolute Gasteiger partial charge is 0.407 e. The van der Waals surface area contributed by atoms with Crippen molar-refractivity contribution < 1.29 is 17.6 Å². The summed E-state index contributed by atoms with van der Waals surface area (Å²) in [6, 6.07) is 13.8. The molecule has 1 N–H and O–H groups in total. The van der Waals surface area contributed by atoms with Crippen molar-refractivity contribution in [2.24, 2.45) is 0 Å². The van der Waals surface area contributed by atoms with Gasteiger partial charge in [-0.25, -0.2) is 8.42 Å². The van der Waals surface area contributed by atoms with Gasteiger partial charge < -0.3 is 4.42 Å². The zero-order valence-electron chi connectivity index (χ0n) is 15.7. The average Bonchev–Trinajstić information content (AvgIpc) is 3.15. The third-order valence-corrected chi connectivity index (χ3v) is 6.08. The first-order chi connectivity index (χ1) is 13.4. The maximum Gasteiger partial charge on any atom is 0.322 e. The Kier molecular flexibility index (Phi) is 5.89. The number of carbonyl (C=O) groups excluding carboxylic acids is 1. The van der Waals surface area contributed by atoms with Crippen LogP contribution in [0.1, 0.15) is 41.2 Å². The lowest BCUT2D eigenvalue weighted by Crippen LogP contribution is -2.12. The molecule has 2 aromatic carbocycles. The van der Waals surface area contributed by atoms with Crippen LogP contribution in [0.4, 0.5) is 6.01 Å². The minimum atomic E-state index is -3.30. The first kappa shape index (κ1) is 19.8. The topological polar surface area (TPSA) is 102 Å². The highest BCUT2D eigenvalue weighted by Crippen LogP contribution is 2.15. The predicted octanol–water partition coefficient (Wildman–Crippen LogP) is 3.27. The SMILES string of the molecule is CCc1ccc(Cc2nnc(NC(=O)c3ccc(S(=O)(=O)CC)cc3)o2)cc1. The molecule has 0 radical (unpaired) electrons. The van der Waals surface area contributed by atoms with Gasteiger partial charge >= 0.3 is 6.01 Å². The quantitative estimate of drug-likeness (QED) is 0.654. The van der Waals surface area contributed by atoms with Gasteiger partial charge in [-0.15, -0.1) is 5.10 Å². The molecule has 0 saturated heterocycles. The minimum absolute atomic E-state index is 0.00423. The van der Waals surface area contributed by atoms with E-state index in [1.165, 1.54) is 29.8 Å². The van der Waals surface area contributed by atoms with Gasteiger partial charge in [-0.2, -0.15) is 0 Å². The highest BCUT2D eigenvalue weighted by molar-refractivity contribution is 7.91. The number of aryl methyl sites for hydroxylation is 1. The molecule has 1 heterocycles. The Hall–Kier alpha value is -3.00. The van der Waals surface area contributed by atoms with E-state index in [9.17, 15) is 13.2 Å². The van der Waals surface area contributed by atoms with E-state index in [4.69, 9.17) is 4.42 Å². The van der Waals surface area contributed by atoms with Gasteiger partial charge in [0.1, 0.15) is 0 Å². The van der Waals surface area contributed by atoms with Gasteiger partial charge in [0.05, 0.1) is 17.1 Å². The number of amides is 1. The summed E-state index contributed by atoms with van der Waals surface area (Å²) in [5.74, 6) is -0.0586. The summed E-state index contributed by atoms with van der Waals surface area (Å²) >= 11 is 0. The van der Waals surface area contributed by atoms with E-state index in [1.54, 1.807) is 6.92 Å². The van der Waals surface area contributed by atoms with Crippen LogP contribution in [0.2, 0.25) is 0 Å². The molecule has 0 aliphatic rings. The number of nitrogens with zero attached hydrogens (tertiary/aromatic N) is 2. The molecule has 1 aromatic heterocycles. The number of benzene rings is 2. The minimum Gasteiger partial charge on any atom is -0.407 e. The maximum absolute atomic E-state index is 12.3. The number of hydrogen-bond donors (Lipinski definition) is 1. The van der Waals surface area contributed by atoms with Crippen LogP contribution < -0.4 is 5.32 Å². The normalized spacial score (nSPS) is 11.4. The molecule has 3 rings (SSSR count). The van der Waals surface area contributed by atoms with Crippen molar-refractivity contribution in [3.8, 4) is 0 Å². The Bertz CT molecular complexity index is 1060. The second kappa shape index (κ2) is 8.35. The van der Waals surface area contributed by atoms with E-state index >= 15 is 0 Å². The molecule has 0 unspecified atom stereocenters. The number of aromatic nitrogens is 2. The van der Waals surface area contributed by atoms with Crippen molar-refractivity contribution in [3.63, 3.8) is 0 Å². The van der Waals surface area contributed by atoms with E-state index in [2.05, 4.69) is 34.6 Å². The second-order valence-electron chi connectivity index (χ2n) is 6.23. The van der Waals surface area contributed by atoms with Crippen LogP contribution in [0.3, 0.4) is 0 Å². The van der Waals surface area contributed by atoms with Gasteiger partial charge in [0.2, 0.25) is 5.89 Å². The van der Waals surface area contributed by atoms with E-state index in [0.29, 0.717) is 17.9 Å². The summed E-state index contributed by atoms with van der Waals surface area (Å²) < 4.78 is 29.1. The van der Waals surface area contributed by atoms with Crippen LogP contribution in [-0.2, 0) is 22.7 Å². The van der Waals surface area contributed by atoms with E-state index in [0.717, 1.165) is 12.0 Å². The number of sulfone groups is 1. The average molecular weight is 399 g/mol. The first-order valence-corrected chi connectivity index (χ1v) is 10.6. The van der Waals surface area contributed by atoms with Gasteiger partial charge in [-0.1, -0.05) is 43.2 Å². The summed E-state index contributed by atoms with van der Waals surface area (Å²) in [6.45, 7) is 3.67. The Morgan fingerprint density at radius 2 is 1.61 bits per heavy atom. The molecule has 0 spiro atoms. The third kappa shape index (κ3) is 4.64. The number of anilines is 1. The molecule has 0 saturated carbocycles. The van der Waals surface area contributed by atoms with Crippen LogP contribution in [0.25, 0.3) is 0 Å². The smallest absolute Gasteiger partial charge is 0.322 e. The van der Waals surface area contributed by atoms with Gasteiger partial charge in [0.25, 0.3) is 5.91 Å². The van der Waals surface area contributed by atoms with E-state index < -0.39 is 15.7 Å². The Morgan fingerprint density at radius 1 is 0.964 bits per heavy atom. The standard InChI is InChI=1S/C20H21N3O4S/c1-3-14-5-7-15(8-6-14)13-18-22-23-20(27-18)21-19(24)16-9-11-17(12-10-16)28(25,26)4-2/h5-12H,3-4,13H2,1-2H3,(H,21,23,24). The maximum atomic E-state index is 12.3. The number of hydrogen-bond acceptors (Lipinski definition) is 6. The van der Waals surface area contributed by atoms with Gasteiger partial charge in [-0.05, 0) is 41.8 Å². The lowest BCUT2D eigenvalue weighted by atomic mass is 10.1. The zero-order valence-corrected chi connectivity index (χ0v) is 16.5. The number of rotatable bonds is 7. The fraction of sp³-hybridized carbons (Fsp3) is 0.250. The molecule has 0 bridgehead atoms. The molecule has 0 aliphatic heterocycles. The van der Waals surface area contributed by atoms with Crippen LogP contribution >= 0.6 is 0 Å². The van der Waals surface area contributed by atoms with Gasteiger partial charge in [-0.3, -0.25) is 10.1 Å². The van der Waals surface area contributed by atoms with Crippen molar-refractivity contribution in [3.05, 3.63) is 71.1 Å². The Labute approximate surface area is 163 Å². The van der Waals surface area contributed by atoms with Crippen LogP contribution in [0.15, 0.2) is 57.8 Å². The monoisotopic (exact) mass is 399 g/mol. The van der Waals surface area contributed by atoms with Crippen LogP contribution in [0, 0.1) is 0 Å². The highest BCUT2D eigenvalue weighted by atomic mass is 32.2. The Balaban J connectivity index is 1.64. The summed E-state index contributed by atoms with van der Waals surface area (Å²) in [4.78, 5) is 12.5. The molecular weight excluding hydrogens is 378 g/mol. The molecule has 0 aliphatic carbocycles. The molecule has 1 amide bonds. The number of carbonyl (C=O) groups is 1. The molecule has 7 nitrogen and oxygen atoms in total. The fourth-order valence-electron chi connectivity index (χ4n) is 2.59. The van der Waals surface area contributed by atoms with E-state index in [-0.39, 0.29) is 16.7 Å². The summed E-state index contributed by atoms with van der Waals surface area (Å²) in [6.07, 6.45) is 1.44. The molecule has 3 aromatic rings. The summed E-state index contributed by atoms with van der Waals surface area (Å²) in [7, 11) is -3.30. The predicted molar refractivity (Wildman–Crippen MR) is 105 cm³/mol. The zero-order chi connectivity index (χ0) is 20.1. The van der Waals surface area contributed by atoms with Crippen molar-refractivity contribution in [2.75, 3.05) is 11.1 Å². The molecule has 28 heavy (non-hydrogen) atoms. The second-order valence-corrected chi connectivity index (χ2v) is 8.51. The number of nitrogens with one attached hydrogen (secondary N) is 1. The summed E-state index contributed by atoms with van der Waals surface area (Å²) in [5, 5.41) is 10.3. The lowest BCUT2D eigenvalue weighted by molar-refractivity contribution is 0.102. The first-order valence-electron chi connectivity index (χ1n) is 8.95. The molecule has 0 atom stereocenters.